The number of hydrogen-bond acceptors (Lipinski definition) is 3. The number of methoxy groups -OCH3 is 1. The van der Waals surface area contributed by atoms with E-state index in [1.54, 1.807) is 7.11 Å². The van der Waals surface area contributed by atoms with Crippen LogP contribution in [0.3, 0.4) is 0 Å². The molecule has 5 nitrogen and oxygen atoms in total. The lowest BCUT2D eigenvalue weighted by Crippen LogP contribution is -2.43. The smallest absolute Gasteiger partial charge is 0.191 e. The average molecular weight is 407 g/mol. The second-order valence-corrected chi connectivity index (χ2v) is 4.62. The van der Waals surface area contributed by atoms with Gasteiger partial charge < -0.3 is 20.5 Å². The van der Waals surface area contributed by atoms with Gasteiger partial charge in [0.25, 0.3) is 0 Å². The maximum atomic E-state index is 9.31. The van der Waals surface area contributed by atoms with E-state index in [1.165, 1.54) is 0 Å². The van der Waals surface area contributed by atoms with Crippen LogP contribution >= 0.6 is 24.0 Å². The van der Waals surface area contributed by atoms with Crippen molar-refractivity contribution in [2.75, 3.05) is 20.3 Å². The van der Waals surface area contributed by atoms with Gasteiger partial charge in [0.05, 0.1) is 19.8 Å². The quantitative estimate of drug-likeness (QED) is 0.367. The van der Waals surface area contributed by atoms with Crippen molar-refractivity contribution < 1.29 is 9.84 Å². The number of aliphatic hydroxyl groups excluding tert-OH is 1. The molecule has 6 heteroatoms. The number of guanidine groups is 1. The summed E-state index contributed by atoms with van der Waals surface area (Å²) in [4.78, 5) is 4.54. The molecule has 0 aliphatic rings. The number of nitrogens with one attached hydrogen (secondary N) is 2. The number of halogens is 1. The zero-order valence-electron chi connectivity index (χ0n) is 12.9. The summed E-state index contributed by atoms with van der Waals surface area (Å²) >= 11 is 0. The van der Waals surface area contributed by atoms with E-state index in [2.05, 4.69) is 15.6 Å². The Hall–Kier alpha value is -0.860. The molecule has 0 spiro atoms. The monoisotopic (exact) mass is 407 g/mol. The van der Waals surface area contributed by atoms with Crippen LogP contribution in [0, 0.1) is 0 Å². The minimum Gasteiger partial charge on any atom is -0.392 e. The molecule has 0 aromatic heterocycles. The minimum atomic E-state index is 0. The molecule has 0 saturated heterocycles. The van der Waals surface area contributed by atoms with Crippen molar-refractivity contribution in [3.63, 3.8) is 0 Å². The van der Waals surface area contributed by atoms with Crippen LogP contribution in [0.5, 0.6) is 0 Å². The summed E-state index contributed by atoms with van der Waals surface area (Å²) in [6.07, 6.45) is 0. The van der Waals surface area contributed by atoms with E-state index in [-0.39, 0.29) is 36.6 Å². The Labute approximate surface area is 144 Å². The van der Waals surface area contributed by atoms with Gasteiger partial charge in [-0.25, -0.2) is 4.99 Å². The molecule has 0 amide bonds. The zero-order chi connectivity index (χ0) is 14.8. The predicted molar refractivity (Wildman–Crippen MR) is 97.1 cm³/mol. The van der Waals surface area contributed by atoms with Gasteiger partial charge in [-0.05, 0) is 25.0 Å². The molecule has 0 radical (unpaired) electrons. The molecule has 1 unspecified atom stereocenters. The molecule has 0 bridgehead atoms. The largest absolute Gasteiger partial charge is 0.392 e. The Bertz CT molecular complexity index is 427. The lowest BCUT2D eigenvalue weighted by molar-refractivity contribution is 0.179. The van der Waals surface area contributed by atoms with E-state index < -0.39 is 0 Å². The van der Waals surface area contributed by atoms with E-state index in [4.69, 9.17) is 4.74 Å². The number of hydrogen-bond donors (Lipinski definition) is 3. The highest BCUT2D eigenvalue weighted by atomic mass is 127. The summed E-state index contributed by atoms with van der Waals surface area (Å²) < 4.78 is 5.10. The average Bonchev–Trinajstić information content (AvgIpc) is 2.45. The van der Waals surface area contributed by atoms with Gasteiger partial charge in [-0.2, -0.15) is 0 Å². The Morgan fingerprint density at radius 3 is 2.57 bits per heavy atom. The van der Waals surface area contributed by atoms with Crippen LogP contribution < -0.4 is 10.6 Å². The summed E-state index contributed by atoms with van der Waals surface area (Å²) in [6.45, 7) is 6.06. The molecule has 1 aromatic carbocycles. The van der Waals surface area contributed by atoms with Crippen LogP contribution in [0.25, 0.3) is 0 Å². The van der Waals surface area contributed by atoms with Crippen molar-refractivity contribution in [1.29, 1.82) is 0 Å². The number of nitrogens with zero attached hydrogens (tertiary/aromatic N) is 1. The Morgan fingerprint density at radius 2 is 2.00 bits per heavy atom. The first-order valence-electron chi connectivity index (χ1n) is 6.92. The number of benzene rings is 1. The summed E-state index contributed by atoms with van der Waals surface area (Å²) in [7, 11) is 1.68. The number of aliphatic imine (C=N–C) groups is 1. The molecule has 0 aliphatic carbocycles. The second kappa shape index (κ2) is 11.8. The van der Waals surface area contributed by atoms with Crippen LogP contribution in [0.15, 0.2) is 29.3 Å². The highest BCUT2D eigenvalue weighted by Crippen LogP contribution is 2.09. The molecule has 120 valence electrons. The first kappa shape index (κ1) is 20.1. The topological polar surface area (TPSA) is 65.9 Å². The highest BCUT2D eigenvalue weighted by Gasteiger charge is 2.05. The van der Waals surface area contributed by atoms with Crippen molar-refractivity contribution in [2.45, 2.75) is 33.0 Å². The van der Waals surface area contributed by atoms with E-state index in [9.17, 15) is 5.11 Å². The van der Waals surface area contributed by atoms with E-state index in [1.807, 2.05) is 38.1 Å². The van der Waals surface area contributed by atoms with Crippen molar-refractivity contribution >= 4 is 29.9 Å². The maximum Gasteiger partial charge on any atom is 0.191 e. The van der Waals surface area contributed by atoms with Crippen LogP contribution in [-0.4, -0.2) is 37.4 Å². The van der Waals surface area contributed by atoms with Gasteiger partial charge in [-0.3, -0.25) is 0 Å². The van der Waals surface area contributed by atoms with Crippen LogP contribution in [0.4, 0.5) is 0 Å². The SMILES string of the molecule is CCNC(=NCc1ccccc1CO)NC(C)COC.I. The van der Waals surface area contributed by atoms with Crippen LogP contribution in [-0.2, 0) is 17.9 Å². The molecule has 3 N–H and O–H groups in total. The molecular formula is C15H26IN3O2. The first-order chi connectivity index (χ1) is 9.71. The van der Waals surface area contributed by atoms with E-state index in [0.29, 0.717) is 13.2 Å². The molecule has 1 atom stereocenters. The third-order valence-electron chi connectivity index (χ3n) is 2.84. The Kier molecular flexibility index (Phi) is 11.3. The zero-order valence-corrected chi connectivity index (χ0v) is 15.3. The van der Waals surface area contributed by atoms with Gasteiger partial charge >= 0.3 is 0 Å². The lowest BCUT2D eigenvalue weighted by atomic mass is 10.1. The molecule has 0 saturated carbocycles. The fraction of sp³-hybridized carbons (Fsp3) is 0.533. The highest BCUT2D eigenvalue weighted by molar-refractivity contribution is 14.0. The fourth-order valence-electron chi connectivity index (χ4n) is 1.88. The molecule has 0 fully saturated rings. The van der Waals surface area contributed by atoms with Crippen LogP contribution in [0.1, 0.15) is 25.0 Å². The summed E-state index contributed by atoms with van der Waals surface area (Å²) in [5.74, 6) is 0.754. The van der Waals surface area contributed by atoms with Gasteiger partial charge in [0.1, 0.15) is 0 Å². The number of ether oxygens (including phenoxy) is 1. The van der Waals surface area contributed by atoms with Crippen molar-refractivity contribution in [3.8, 4) is 0 Å². The van der Waals surface area contributed by atoms with E-state index >= 15 is 0 Å². The molecule has 1 rings (SSSR count). The summed E-state index contributed by atoms with van der Waals surface area (Å²) in [5, 5.41) is 15.8. The molecule has 0 heterocycles. The predicted octanol–water partition coefficient (Wildman–Crippen LogP) is 1.89. The maximum absolute atomic E-state index is 9.31. The fourth-order valence-corrected chi connectivity index (χ4v) is 1.88. The third-order valence-corrected chi connectivity index (χ3v) is 2.84. The van der Waals surface area contributed by atoms with E-state index in [0.717, 1.165) is 23.6 Å². The number of rotatable bonds is 7. The Morgan fingerprint density at radius 1 is 1.33 bits per heavy atom. The van der Waals surface area contributed by atoms with Gasteiger partial charge in [0.2, 0.25) is 0 Å². The summed E-state index contributed by atoms with van der Waals surface area (Å²) in [6, 6.07) is 7.96. The molecule has 0 aliphatic heterocycles. The van der Waals surface area contributed by atoms with Crippen LogP contribution in [0.2, 0.25) is 0 Å². The second-order valence-electron chi connectivity index (χ2n) is 4.62. The normalized spacial score (nSPS) is 12.5. The molecular weight excluding hydrogens is 381 g/mol. The summed E-state index contributed by atoms with van der Waals surface area (Å²) in [5.41, 5.74) is 1.95. The standard InChI is InChI=1S/C15H25N3O2.HI/c1-4-16-15(18-12(2)11-20-3)17-9-13-7-5-6-8-14(13)10-19;/h5-8,12,19H,4,9-11H2,1-3H3,(H2,16,17,18);1H. The Balaban J connectivity index is 0.00000400. The van der Waals surface area contributed by atoms with Crippen molar-refractivity contribution in [1.82, 2.24) is 10.6 Å². The molecule has 1 aromatic rings. The third kappa shape index (κ3) is 7.63. The minimum absolute atomic E-state index is 0. The van der Waals surface area contributed by atoms with Gasteiger partial charge in [0, 0.05) is 19.7 Å². The lowest BCUT2D eigenvalue weighted by Gasteiger charge is -2.17. The van der Waals surface area contributed by atoms with Gasteiger partial charge in [0.15, 0.2) is 5.96 Å². The van der Waals surface area contributed by atoms with Crippen molar-refractivity contribution in [2.24, 2.45) is 4.99 Å². The van der Waals surface area contributed by atoms with Gasteiger partial charge in [-0.15, -0.1) is 24.0 Å². The van der Waals surface area contributed by atoms with Gasteiger partial charge in [-0.1, -0.05) is 24.3 Å². The number of aliphatic hydroxyl groups is 1. The van der Waals surface area contributed by atoms with Crippen molar-refractivity contribution in [3.05, 3.63) is 35.4 Å². The first-order valence-corrected chi connectivity index (χ1v) is 6.92. The molecule has 21 heavy (non-hydrogen) atoms.